The van der Waals surface area contributed by atoms with E-state index in [4.69, 9.17) is 22.4 Å². The maximum absolute atomic E-state index is 10.8. The summed E-state index contributed by atoms with van der Waals surface area (Å²) in [6.07, 6.45) is 1.62. The van der Waals surface area contributed by atoms with Gasteiger partial charge in [-0.1, -0.05) is 11.6 Å². The maximum atomic E-state index is 10.8. The zero-order chi connectivity index (χ0) is 11.9. The van der Waals surface area contributed by atoms with E-state index in [-0.39, 0.29) is 0 Å². The van der Waals surface area contributed by atoms with Gasteiger partial charge in [0, 0.05) is 27.7 Å². The average Bonchev–Trinajstić information content (AvgIpc) is 2.60. The van der Waals surface area contributed by atoms with E-state index in [9.17, 15) is 4.79 Å². The van der Waals surface area contributed by atoms with Crippen molar-refractivity contribution in [1.82, 2.24) is 4.98 Å². The molecule has 2 aromatic rings. The van der Waals surface area contributed by atoms with Crippen LogP contribution in [0.15, 0.2) is 18.3 Å². The summed E-state index contributed by atoms with van der Waals surface area (Å²) in [6.45, 7) is 1.90. The van der Waals surface area contributed by atoms with Gasteiger partial charge < -0.3 is 15.8 Å². The highest BCUT2D eigenvalue weighted by atomic mass is 35.5. The molecule has 1 unspecified atom stereocenters. The number of benzene rings is 1. The fourth-order valence-electron chi connectivity index (χ4n) is 1.78. The molecule has 1 aromatic heterocycles. The number of fused-ring (bicyclic) bond motifs is 1. The van der Waals surface area contributed by atoms with E-state index in [1.54, 1.807) is 12.3 Å². The molecule has 4 nitrogen and oxygen atoms in total. The molecule has 5 heteroatoms. The third kappa shape index (κ3) is 1.66. The van der Waals surface area contributed by atoms with Gasteiger partial charge in [-0.15, -0.1) is 0 Å². The van der Waals surface area contributed by atoms with E-state index < -0.39 is 12.0 Å². The molecule has 0 saturated carbocycles. The van der Waals surface area contributed by atoms with E-state index >= 15 is 0 Å². The number of carboxylic acid groups (broad SMARTS) is 1. The molecule has 1 aromatic carbocycles. The molecule has 4 N–H and O–H groups in total. The van der Waals surface area contributed by atoms with Crippen LogP contribution < -0.4 is 5.73 Å². The number of H-pyrrole nitrogens is 1. The predicted molar refractivity (Wildman–Crippen MR) is 62.6 cm³/mol. The highest BCUT2D eigenvalue weighted by Gasteiger charge is 2.19. The van der Waals surface area contributed by atoms with Crippen molar-refractivity contribution in [2.75, 3.05) is 0 Å². The lowest BCUT2D eigenvalue weighted by Crippen LogP contribution is -2.20. The van der Waals surface area contributed by atoms with E-state index in [2.05, 4.69) is 4.98 Å². The number of rotatable bonds is 2. The molecule has 2 rings (SSSR count). The Balaban J connectivity index is 2.69. The Kier molecular flexibility index (Phi) is 2.61. The molecular weight excluding hydrogens is 228 g/mol. The van der Waals surface area contributed by atoms with Crippen LogP contribution in [0.4, 0.5) is 0 Å². The molecule has 0 bridgehead atoms. The maximum Gasteiger partial charge on any atom is 0.325 e. The third-order valence-corrected chi connectivity index (χ3v) is 2.80. The minimum absolute atomic E-state index is 0.549. The lowest BCUT2D eigenvalue weighted by Gasteiger charge is -2.05. The average molecular weight is 239 g/mol. The largest absolute Gasteiger partial charge is 0.480 e. The van der Waals surface area contributed by atoms with Gasteiger partial charge in [-0.05, 0) is 24.6 Å². The standard InChI is InChI=1S/C11H11ClN2O2/c1-5-2-6(12)3-7-8(4-14-10(5)7)9(13)11(15)16/h2-4,9,14H,13H2,1H3,(H,15,16). The molecule has 0 saturated heterocycles. The van der Waals surface area contributed by atoms with Crippen LogP contribution >= 0.6 is 11.6 Å². The Labute approximate surface area is 97.0 Å². The first kappa shape index (κ1) is 11.0. The number of aromatic amines is 1. The second-order valence-electron chi connectivity index (χ2n) is 3.71. The van der Waals surface area contributed by atoms with Crippen LogP contribution in [0.1, 0.15) is 17.2 Å². The third-order valence-electron chi connectivity index (χ3n) is 2.58. The minimum Gasteiger partial charge on any atom is -0.480 e. The summed E-state index contributed by atoms with van der Waals surface area (Å²) in [5, 5.41) is 10.2. The number of aryl methyl sites for hydroxylation is 1. The van der Waals surface area contributed by atoms with Gasteiger partial charge in [-0.25, -0.2) is 0 Å². The molecule has 1 heterocycles. The highest BCUT2D eigenvalue weighted by molar-refractivity contribution is 6.31. The topological polar surface area (TPSA) is 79.1 Å². The monoisotopic (exact) mass is 238 g/mol. The molecular formula is C11H11ClN2O2. The molecule has 0 aliphatic heterocycles. The van der Waals surface area contributed by atoms with Crippen LogP contribution in [0.2, 0.25) is 5.02 Å². The van der Waals surface area contributed by atoms with Gasteiger partial charge in [0.2, 0.25) is 0 Å². The summed E-state index contributed by atoms with van der Waals surface area (Å²) in [7, 11) is 0. The number of nitrogens with two attached hydrogens (primary N) is 1. The number of carbonyl (C=O) groups is 1. The van der Waals surface area contributed by atoms with Crippen molar-refractivity contribution in [2.45, 2.75) is 13.0 Å². The SMILES string of the molecule is Cc1cc(Cl)cc2c(C(N)C(=O)O)c[nH]c12. The first-order valence-electron chi connectivity index (χ1n) is 4.76. The molecule has 0 aliphatic carbocycles. The Bertz CT molecular complexity index is 562. The summed E-state index contributed by atoms with van der Waals surface area (Å²) in [6, 6.07) is 2.50. The van der Waals surface area contributed by atoms with Crippen molar-refractivity contribution >= 4 is 28.5 Å². The number of hydrogen-bond donors (Lipinski definition) is 3. The van der Waals surface area contributed by atoms with Crippen LogP contribution in [0.25, 0.3) is 10.9 Å². The quantitative estimate of drug-likeness (QED) is 0.751. The molecule has 0 aliphatic rings. The van der Waals surface area contributed by atoms with Crippen molar-refractivity contribution in [2.24, 2.45) is 5.73 Å². The van der Waals surface area contributed by atoms with Crippen LogP contribution in [0.3, 0.4) is 0 Å². The first-order chi connectivity index (χ1) is 7.50. The molecule has 0 spiro atoms. The molecule has 0 fully saturated rings. The second-order valence-corrected chi connectivity index (χ2v) is 4.14. The van der Waals surface area contributed by atoms with E-state index in [0.717, 1.165) is 16.5 Å². The molecule has 16 heavy (non-hydrogen) atoms. The summed E-state index contributed by atoms with van der Waals surface area (Å²) in [5.74, 6) is -1.06. The van der Waals surface area contributed by atoms with Crippen molar-refractivity contribution < 1.29 is 9.90 Å². The van der Waals surface area contributed by atoms with Crippen LogP contribution in [0, 0.1) is 6.92 Å². The lowest BCUT2D eigenvalue weighted by atomic mass is 10.0. The van der Waals surface area contributed by atoms with Crippen molar-refractivity contribution in [3.63, 3.8) is 0 Å². The number of carboxylic acids is 1. The number of aromatic nitrogens is 1. The normalized spacial score (nSPS) is 12.9. The van der Waals surface area contributed by atoms with Crippen molar-refractivity contribution in [3.05, 3.63) is 34.5 Å². The van der Waals surface area contributed by atoms with Crippen molar-refractivity contribution in [1.29, 1.82) is 0 Å². The van der Waals surface area contributed by atoms with Gasteiger partial charge in [0.15, 0.2) is 0 Å². The molecule has 0 radical (unpaired) electrons. The number of hydrogen-bond acceptors (Lipinski definition) is 2. The van der Waals surface area contributed by atoms with Crippen LogP contribution in [0.5, 0.6) is 0 Å². The predicted octanol–water partition coefficient (Wildman–Crippen LogP) is 2.21. The Hall–Kier alpha value is -1.52. The number of nitrogens with one attached hydrogen (secondary N) is 1. The molecule has 1 atom stereocenters. The van der Waals surface area contributed by atoms with Gasteiger partial charge in [0.25, 0.3) is 0 Å². The van der Waals surface area contributed by atoms with Crippen molar-refractivity contribution in [3.8, 4) is 0 Å². The zero-order valence-corrected chi connectivity index (χ0v) is 9.38. The fraction of sp³-hybridized carbons (Fsp3) is 0.182. The number of aliphatic carboxylic acids is 1. The van der Waals surface area contributed by atoms with E-state index in [0.29, 0.717) is 10.6 Å². The summed E-state index contributed by atoms with van der Waals surface area (Å²) in [5.41, 5.74) is 7.97. The second kappa shape index (κ2) is 3.81. The summed E-state index contributed by atoms with van der Waals surface area (Å²) in [4.78, 5) is 13.9. The summed E-state index contributed by atoms with van der Waals surface area (Å²) >= 11 is 5.93. The molecule has 0 amide bonds. The number of halogens is 1. The van der Waals surface area contributed by atoms with Crippen LogP contribution in [-0.4, -0.2) is 16.1 Å². The van der Waals surface area contributed by atoms with Crippen LogP contribution in [-0.2, 0) is 4.79 Å². The summed E-state index contributed by atoms with van der Waals surface area (Å²) < 4.78 is 0. The van der Waals surface area contributed by atoms with Gasteiger partial charge >= 0.3 is 5.97 Å². The smallest absolute Gasteiger partial charge is 0.325 e. The van der Waals surface area contributed by atoms with E-state index in [1.165, 1.54) is 0 Å². The highest BCUT2D eigenvalue weighted by Crippen LogP contribution is 2.28. The van der Waals surface area contributed by atoms with Gasteiger partial charge in [0.05, 0.1) is 0 Å². The fourth-order valence-corrected chi connectivity index (χ4v) is 2.05. The van der Waals surface area contributed by atoms with Gasteiger partial charge in [0.1, 0.15) is 6.04 Å². The lowest BCUT2D eigenvalue weighted by molar-refractivity contribution is -0.138. The Morgan fingerprint density at radius 1 is 1.56 bits per heavy atom. The minimum atomic E-state index is -1.06. The Morgan fingerprint density at radius 2 is 2.25 bits per heavy atom. The Morgan fingerprint density at radius 3 is 2.88 bits per heavy atom. The zero-order valence-electron chi connectivity index (χ0n) is 8.62. The first-order valence-corrected chi connectivity index (χ1v) is 5.14. The van der Waals surface area contributed by atoms with Gasteiger partial charge in [-0.3, -0.25) is 4.79 Å². The van der Waals surface area contributed by atoms with E-state index in [1.807, 2.05) is 13.0 Å². The molecule has 84 valence electrons. The van der Waals surface area contributed by atoms with Gasteiger partial charge in [-0.2, -0.15) is 0 Å².